The van der Waals surface area contributed by atoms with Crippen molar-refractivity contribution in [1.29, 1.82) is 0 Å². The van der Waals surface area contributed by atoms with Gasteiger partial charge < -0.3 is 5.11 Å². The Morgan fingerprint density at radius 2 is 1.86 bits per heavy atom. The number of aliphatic hydroxyl groups is 1. The van der Waals surface area contributed by atoms with Gasteiger partial charge in [0.05, 0.1) is 6.10 Å². The highest BCUT2D eigenvalue weighted by Gasteiger charge is 2.54. The lowest BCUT2D eigenvalue weighted by molar-refractivity contribution is -0.0623. The minimum absolute atomic E-state index is 0.0853. The van der Waals surface area contributed by atoms with Crippen molar-refractivity contribution < 1.29 is 5.11 Å². The maximum atomic E-state index is 10.2. The number of hydrogen-bond donors (Lipinski definition) is 1. The van der Waals surface area contributed by atoms with E-state index in [0.29, 0.717) is 10.8 Å². The Hall–Kier alpha value is -0.300. The highest BCUT2D eigenvalue weighted by Crippen LogP contribution is 2.63. The molecule has 0 aromatic rings. The summed E-state index contributed by atoms with van der Waals surface area (Å²) in [5, 5.41) is 10.2. The lowest BCUT2D eigenvalue weighted by Gasteiger charge is -2.59. The van der Waals surface area contributed by atoms with Gasteiger partial charge in [0.1, 0.15) is 0 Å². The SMILES string of the molecule is CCC[C@@H]1C2CC=C3C[C@@H](O)CC[C@]3(C)C2CC[C@]1(C)C[C@@H](C)CCCC(C)C. The van der Waals surface area contributed by atoms with Crippen molar-refractivity contribution >= 4 is 0 Å². The van der Waals surface area contributed by atoms with Crippen molar-refractivity contribution in [3.63, 3.8) is 0 Å². The normalized spacial score (nSPS) is 40.9. The second-order valence-electron chi connectivity index (χ2n) is 12.3. The minimum Gasteiger partial charge on any atom is -0.393 e. The Balaban J connectivity index is 1.74. The lowest BCUT2D eigenvalue weighted by Crippen LogP contribution is -2.51. The fourth-order valence-electron chi connectivity index (χ4n) is 7.94. The van der Waals surface area contributed by atoms with Gasteiger partial charge in [-0.1, -0.05) is 78.9 Å². The van der Waals surface area contributed by atoms with Crippen LogP contribution < -0.4 is 0 Å². The first-order valence-corrected chi connectivity index (χ1v) is 13.1. The van der Waals surface area contributed by atoms with Crippen LogP contribution in [-0.4, -0.2) is 11.2 Å². The van der Waals surface area contributed by atoms with E-state index >= 15 is 0 Å². The van der Waals surface area contributed by atoms with Crippen LogP contribution in [0.15, 0.2) is 11.6 Å². The quantitative estimate of drug-likeness (QED) is 0.406. The van der Waals surface area contributed by atoms with E-state index in [1.165, 1.54) is 64.2 Å². The molecule has 1 nitrogen and oxygen atoms in total. The Morgan fingerprint density at radius 3 is 2.55 bits per heavy atom. The van der Waals surface area contributed by atoms with Gasteiger partial charge in [0.25, 0.3) is 0 Å². The standard InChI is InChI=1S/C28H50O/c1-7-9-25-24-13-12-22-18-23(29)14-17-28(22,6)26(24)15-16-27(25,5)19-21(4)11-8-10-20(2)3/h12,20-21,23-26,29H,7-11,13-19H2,1-6H3/t21-,23-,24?,25+,26?,27+,28-/m0/s1. The topological polar surface area (TPSA) is 20.2 Å². The van der Waals surface area contributed by atoms with Gasteiger partial charge in [0.2, 0.25) is 0 Å². The third-order valence-electron chi connectivity index (χ3n) is 9.49. The van der Waals surface area contributed by atoms with E-state index in [4.69, 9.17) is 0 Å². The summed E-state index contributed by atoms with van der Waals surface area (Å²) >= 11 is 0. The lowest BCUT2D eigenvalue weighted by atomic mass is 9.46. The fraction of sp³-hybridized carbons (Fsp3) is 0.929. The third-order valence-corrected chi connectivity index (χ3v) is 9.49. The minimum atomic E-state index is -0.0853. The predicted octanol–water partition coefficient (Wildman–Crippen LogP) is 8.17. The van der Waals surface area contributed by atoms with Crippen LogP contribution in [0.5, 0.6) is 0 Å². The first-order valence-electron chi connectivity index (χ1n) is 13.1. The molecule has 1 N–H and O–H groups in total. The molecule has 0 aliphatic heterocycles. The molecular weight excluding hydrogens is 352 g/mol. The molecular formula is C28H50O. The Morgan fingerprint density at radius 1 is 1.10 bits per heavy atom. The zero-order valence-corrected chi connectivity index (χ0v) is 20.5. The molecule has 2 unspecified atom stereocenters. The highest BCUT2D eigenvalue weighted by molar-refractivity contribution is 5.24. The molecule has 1 heteroatoms. The summed E-state index contributed by atoms with van der Waals surface area (Å²) in [6.45, 7) is 14.9. The van der Waals surface area contributed by atoms with Crippen LogP contribution in [-0.2, 0) is 0 Å². The van der Waals surface area contributed by atoms with Gasteiger partial charge in [-0.25, -0.2) is 0 Å². The van der Waals surface area contributed by atoms with E-state index in [0.717, 1.165) is 42.4 Å². The Kier molecular flexibility index (Phi) is 7.62. The number of allylic oxidation sites excluding steroid dienone is 1. The predicted molar refractivity (Wildman–Crippen MR) is 126 cm³/mol. The van der Waals surface area contributed by atoms with E-state index in [1.807, 2.05) is 0 Å². The van der Waals surface area contributed by atoms with E-state index in [2.05, 4.69) is 47.6 Å². The van der Waals surface area contributed by atoms with Crippen molar-refractivity contribution in [2.45, 2.75) is 125 Å². The summed E-state index contributed by atoms with van der Waals surface area (Å²) in [5.41, 5.74) is 2.52. The second-order valence-corrected chi connectivity index (χ2v) is 12.3. The first-order chi connectivity index (χ1) is 13.7. The summed E-state index contributed by atoms with van der Waals surface area (Å²) in [6, 6.07) is 0. The average molecular weight is 403 g/mol. The maximum Gasteiger partial charge on any atom is 0.0577 e. The van der Waals surface area contributed by atoms with Crippen molar-refractivity contribution in [2.24, 2.45) is 40.4 Å². The summed E-state index contributed by atoms with van der Waals surface area (Å²) < 4.78 is 0. The van der Waals surface area contributed by atoms with Gasteiger partial charge in [0, 0.05) is 0 Å². The van der Waals surface area contributed by atoms with Crippen LogP contribution >= 0.6 is 0 Å². The van der Waals surface area contributed by atoms with Crippen molar-refractivity contribution in [3.05, 3.63) is 11.6 Å². The molecule has 3 aliphatic rings. The summed E-state index contributed by atoms with van der Waals surface area (Å²) in [5.74, 6) is 4.33. The molecule has 0 amide bonds. The molecule has 0 radical (unpaired) electrons. The number of aliphatic hydroxyl groups excluding tert-OH is 1. The fourth-order valence-corrected chi connectivity index (χ4v) is 7.94. The molecule has 0 spiro atoms. The molecule has 0 bridgehead atoms. The van der Waals surface area contributed by atoms with Gasteiger partial charge in [-0.3, -0.25) is 0 Å². The van der Waals surface area contributed by atoms with Gasteiger partial charge in [-0.2, -0.15) is 0 Å². The molecule has 0 aromatic carbocycles. The molecule has 2 fully saturated rings. The van der Waals surface area contributed by atoms with Gasteiger partial charge in [-0.05, 0) is 91.8 Å². The molecule has 7 atom stereocenters. The average Bonchev–Trinajstić information content (AvgIpc) is 2.64. The molecule has 2 saturated carbocycles. The van der Waals surface area contributed by atoms with Crippen LogP contribution in [0.1, 0.15) is 119 Å². The molecule has 0 saturated heterocycles. The van der Waals surface area contributed by atoms with Crippen LogP contribution in [0.4, 0.5) is 0 Å². The van der Waals surface area contributed by atoms with Gasteiger partial charge in [0.15, 0.2) is 0 Å². The highest BCUT2D eigenvalue weighted by atomic mass is 16.3. The molecule has 168 valence electrons. The van der Waals surface area contributed by atoms with E-state index < -0.39 is 0 Å². The molecule has 3 rings (SSSR count). The number of hydrogen-bond acceptors (Lipinski definition) is 1. The Bertz CT molecular complexity index is 563. The summed E-state index contributed by atoms with van der Waals surface area (Å²) in [4.78, 5) is 0. The van der Waals surface area contributed by atoms with Crippen LogP contribution in [0.25, 0.3) is 0 Å². The van der Waals surface area contributed by atoms with Crippen molar-refractivity contribution in [3.8, 4) is 0 Å². The van der Waals surface area contributed by atoms with Crippen LogP contribution in [0.2, 0.25) is 0 Å². The molecule has 3 aliphatic carbocycles. The van der Waals surface area contributed by atoms with Crippen LogP contribution in [0, 0.1) is 40.4 Å². The zero-order chi connectivity index (χ0) is 21.2. The largest absolute Gasteiger partial charge is 0.393 e. The van der Waals surface area contributed by atoms with Crippen molar-refractivity contribution in [1.82, 2.24) is 0 Å². The molecule has 29 heavy (non-hydrogen) atoms. The van der Waals surface area contributed by atoms with E-state index in [-0.39, 0.29) is 6.10 Å². The second kappa shape index (κ2) is 9.46. The molecule has 0 heterocycles. The number of rotatable bonds is 8. The third kappa shape index (κ3) is 4.97. The summed E-state index contributed by atoms with van der Waals surface area (Å²) in [6.07, 6.45) is 18.2. The van der Waals surface area contributed by atoms with Crippen LogP contribution in [0.3, 0.4) is 0 Å². The maximum absolute atomic E-state index is 10.2. The summed E-state index contributed by atoms with van der Waals surface area (Å²) in [7, 11) is 0. The van der Waals surface area contributed by atoms with Crippen molar-refractivity contribution in [2.75, 3.05) is 0 Å². The van der Waals surface area contributed by atoms with Gasteiger partial charge in [-0.15, -0.1) is 0 Å². The van der Waals surface area contributed by atoms with Gasteiger partial charge >= 0.3 is 0 Å². The Labute approximate surface area is 182 Å². The smallest absolute Gasteiger partial charge is 0.0577 e. The number of fused-ring (bicyclic) bond motifs is 3. The van der Waals surface area contributed by atoms with E-state index in [9.17, 15) is 5.11 Å². The van der Waals surface area contributed by atoms with E-state index in [1.54, 1.807) is 5.57 Å². The first kappa shape index (κ1) is 23.4. The molecule has 0 aromatic heterocycles. The monoisotopic (exact) mass is 402 g/mol. The zero-order valence-electron chi connectivity index (χ0n) is 20.5.